The molecule has 1 heterocycles. The third-order valence-electron chi connectivity index (χ3n) is 7.97. The van der Waals surface area contributed by atoms with E-state index in [0.717, 1.165) is 0 Å². The summed E-state index contributed by atoms with van der Waals surface area (Å²) in [6, 6.07) is 55.1. The Morgan fingerprint density at radius 3 is 1.79 bits per heavy atom. The molecule has 0 aliphatic heterocycles. The number of fused-ring (bicyclic) bond motifs is 5. The summed E-state index contributed by atoms with van der Waals surface area (Å²) in [5.41, 5.74) is 8.56. The van der Waals surface area contributed by atoms with Crippen molar-refractivity contribution in [2.24, 2.45) is 0 Å². The number of rotatable bonds is 3. The van der Waals surface area contributed by atoms with Gasteiger partial charge in [0, 0.05) is 16.5 Å². The van der Waals surface area contributed by atoms with Gasteiger partial charge in [0.15, 0.2) is 0 Å². The highest BCUT2D eigenvalue weighted by atomic mass is 15.0. The molecule has 0 amide bonds. The Balaban J connectivity index is 1.37. The average Bonchev–Trinajstić information content (AvgIpc) is 3.32. The van der Waals surface area contributed by atoms with E-state index in [4.69, 9.17) is 0 Å². The first-order chi connectivity index (χ1) is 19.3. The molecule has 8 rings (SSSR count). The Morgan fingerprint density at radius 1 is 0.333 bits per heavy atom. The van der Waals surface area contributed by atoms with E-state index in [0.29, 0.717) is 0 Å². The molecule has 0 radical (unpaired) electrons. The number of nitrogens with zero attached hydrogens (tertiary/aromatic N) is 1. The molecule has 0 aliphatic rings. The van der Waals surface area contributed by atoms with Crippen LogP contribution in [0.5, 0.6) is 0 Å². The fraction of sp³-hybridized carbons (Fsp3) is 0. The first-order valence-corrected chi connectivity index (χ1v) is 13.4. The van der Waals surface area contributed by atoms with Crippen LogP contribution in [0.25, 0.3) is 71.3 Å². The molecule has 1 nitrogen and oxygen atoms in total. The lowest BCUT2D eigenvalue weighted by Crippen LogP contribution is -1.94. The zero-order chi connectivity index (χ0) is 25.8. The van der Waals surface area contributed by atoms with Crippen LogP contribution in [0.2, 0.25) is 0 Å². The Kier molecular flexibility index (Phi) is 4.89. The van der Waals surface area contributed by atoms with Crippen LogP contribution in [0.15, 0.2) is 152 Å². The van der Waals surface area contributed by atoms with Gasteiger partial charge in [0.2, 0.25) is 0 Å². The highest BCUT2D eigenvalue weighted by Gasteiger charge is 2.15. The summed E-state index contributed by atoms with van der Waals surface area (Å²) in [6.45, 7) is 0. The standard InChI is InChI=1S/C38H25N/c1-2-9-26(10-3-1)31-19-22-35-36-23-29-12-4-5-13-30(29)24-38(36)39(37(35)25-31)32-20-17-28(18-21-32)34-16-8-14-27-11-6-7-15-33(27)34/h1-25H. The van der Waals surface area contributed by atoms with Crippen LogP contribution in [0.3, 0.4) is 0 Å². The van der Waals surface area contributed by atoms with E-state index in [1.807, 2.05) is 0 Å². The third kappa shape index (κ3) is 3.55. The van der Waals surface area contributed by atoms with E-state index < -0.39 is 0 Å². The van der Waals surface area contributed by atoms with Crippen molar-refractivity contribution in [3.8, 4) is 27.9 Å². The smallest absolute Gasteiger partial charge is 0.0547 e. The maximum atomic E-state index is 2.43. The summed E-state index contributed by atoms with van der Waals surface area (Å²) in [6.07, 6.45) is 0. The summed E-state index contributed by atoms with van der Waals surface area (Å²) in [5, 5.41) is 7.62. The van der Waals surface area contributed by atoms with Gasteiger partial charge in [0.25, 0.3) is 0 Å². The second-order valence-electron chi connectivity index (χ2n) is 10.2. The lowest BCUT2D eigenvalue weighted by molar-refractivity contribution is 1.18. The topological polar surface area (TPSA) is 4.93 Å². The molecule has 0 spiro atoms. The van der Waals surface area contributed by atoms with Crippen molar-refractivity contribution in [3.05, 3.63) is 152 Å². The third-order valence-corrected chi connectivity index (χ3v) is 7.97. The minimum Gasteiger partial charge on any atom is -0.309 e. The lowest BCUT2D eigenvalue weighted by Gasteiger charge is -2.12. The van der Waals surface area contributed by atoms with Crippen LogP contribution in [0.1, 0.15) is 0 Å². The largest absolute Gasteiger partial charge is 0.309 e. The Labute approximate surface area is 227 Å². The molecule has 0 N–H and O–H groups in total. The molecule has 0 unspecified atom stereocenters. The van der Waals surface area contributed by atoms with E-state index >= 15 is 0 Å². The molecular weight excluding hydrogens is 470 g/mol. The van der Waals surface area contributed by atoms with Gasteiger partial charge in [0.1, 0.15) is 0 Å². The average molecular weight is 496 g/mol. The molecular formula is C38H25N. The summed E-state index contributed by atoms with van der Waals surface area (Å²) >= 11 is 0. The van der Waals surface area contributed by atoms with E-state index in [9.17, 15) is 0 Å². The van der Waals surface area contributed by atoms with Crippen molar-refractivity contribution in [3.63, 3.8) is 0 Å². The maximum absolute atomic E-state index is 2.43. The van der Waals surface area contributed by atoms with Crippen molar-refractivity contribution in [1.29, 1.82) is 0 Å². The van der Waals surface area contributed by atoms with Gasteiger partial charge in [-0.25, -0.2) is 0 Å². The van der Waals surface area contributed by atoms with Gasteiger partial charge in [-0.05, 0) is 74.1 Å². The SMILES string of the molecule is c1ccc(-c2ccc3c4cc5ccccc5cc4n(-c4ccc(-c5cccc6ccccc56)cc4)c3c2)cc1. The van der Waals surface area contributed by atoms with E-state index in [1.54, 1.807) is 0 Å². The van der Waals surface area contributed by atoms with Gasteiger partial charge in [-0.3, -0.25) is 0 Å². The normalized spacial score (nSPS) is 11.6. The van der Waals surface area contributed by atoms with Crippen molar-refractivity contribution in [1.82, 2.24) is 4.57 Å². The lowest BCUT2D eigenvalue weighted by atomic mass is 9.98. The highest BCUT2D eigenvalue weighted by molar-refractivity contribution is 6.14. The number of benzene rings is 7. The van der Waals surface area contributed by atoms with Crippen molar-refractivity contribution in [2.75, 3.05) is 0 Å². The van der Waals surface area contributed by atoms with Gasteiger partial charge in [0.05, 0.1) is 11.0 Å². The molecule has 1 heteroatoms. The zero-order valence-corrected chi connectivity index (χ0v) is 21.4. The predicted molar refractivity (Wildman–Crippen MR) is 167 cm³/mol. The highest BCUT2D eigenvalue weighted by Crippen LogP contribution is 2.38. The fourth-order valence-electron chi connectivity index (χ4n) is 6.06. The minimum absolute atomic E-state index is 1.17. The molecule has 0 atom stereocenters. The summed E-state index contributed by atoms with van der Waals surface area (Å²) < 4.78 is 2.43. The van der Waals surface area contributed by atoms with Crippen LogP contribution in [-0.2, 0) is 0 Å². The number of aromatic nitrogens is 1. The Hall–Kier alpha value is -5.14. The number of hydrogen-bond donors (Lipinski definition) is 0. The van der Waals surface area contributed by atoms with Crippen LogP contribution in [0.4, 0.5) is 0 Å². The molecule has 0 fully saturated rings. The molecule has 0 aliphatic carbocycles. The summed E-state index contributed by atoms with van der Waals surface area (Å²) in [5.74, 6) is 0. The van der Waals surface area contributed by atoms with Crippen molar-refractivity contribution < 1.29 is 0 Å². The van der Waals surface area contributed by atoms with Gasteiger partial charge in [-0.15, -0.1) is 0 Å². The quantitative estimate of drug-likeness (QED) is 0.230. The second-order valence-corrected chi connectivity index (χ2v) is 10.2. The zero-order valence-electron chi connectivity index (χ0n) is 21.4. The molecule has 0 bridgehead atoms. The van der Waals surface area contributed by atoms with Crippen molar-refractivity contribution >= 4 is 43.4 Å². The van der Waals surface area contributed by atoms with Gasteiger partial charge >= 0.3 is 0 Å². The Bertz CT molecular complexity index is 2140. The Morgan fingerprint density at radius 2 is 0.974 bits per heavy atom. The monoisotopic (exact) mass is 495 g/mol. The van der Waals surface area contributed by atoms with Gasteiger partial charge in [-0.2, -0.15) is 0 Å². The molecule has 1 aromatic heterocycles. The van der Waals surface area contributed by atoms with Crippen molar-refractivity contribution in [2.45, 2.75) is 0 Å². The summed E-state index contributed by atoms with van der Waals surface area (Å²) in [4.78, 5) is 0. The van der Waals surface area contributed by atoms with E-state index in [1.165, 1.54) is 71.3 Å². The van der Waals surface area contributed by atoms with Gasteiger partial charge < -0.3 is 4.57 Å². The predicted octanol–water partition coefficient (Wildman–Crippen LogP) is 10.4. The molecule has 0 saturated heterocycles. The molecule has 39 heavy (non-hydrogen) atoms. The fourth-order valence-corrected chi connectivity index (χ4v) is 6.06. The van der Waals surface area contributed by atoms with Crippen LogP contribution < -0.4 is 0 Å². The minimum atomic E-state index is 1.17. The van der Waals surface area contributed by atoms with E-state index in [2.05, 4.69) is 156 Å². The first-order valence-electron chi connectivity index (χ1n) is 13.4. The molecule has 182 valence electrons. The van der Waals surface area contributed by atoms with Gasteiger partial charge in [-0.1, -0.05) is 121 Å². The second kappa shape index (κ2) is 8.72. The molecule has 7 aromatic carbocycles. The molecule has 8 aromatic rings. The maximum Gasteiger partial charge on any atom is 0.0547 e. The van der Waals surface area contributed by atoms with Crippen LogP contribution in [-0.4, -0.2) is 4.57 Å². The van der Waals surface area contributed by atoms with Crippen LogP contribution in [0, 0.1) is 0 Å². The first kappa shape index (κ1) is 21.9. The van der Waals surface area contributed by atoms with Crippen LogP contribution >= 0.6 is 0 Å². The van der Waals surface area contributed by atoms with E-state index in [-0.39, 0.29) is 0 Å². The molecule has 0 saturated carbocycles. The number of hydrogen-bond acceptors (Lipinski definition) is 0. The summed E-state index contributed by atoms with van der Waals surface area (Å²) in [7, 11) is 0.